The lowest BCUT2D eigenvalue weighted by molar-refractivity contribution is -0.129. The van der Waals surface area contributed by atoms with E-state index in [1.165, 1.54) is 11.4 Å². The van der Waals surface area contributed by atoms with Gasteiger partial charge >= 0.3 is 0 Å². The van der Waals surface area contributed by atoms with Gasteiger partial charge in [-0.25, -0.2) is 8.42 Å². The van der Waals surface area contributed by atoms with Crippen LogP contribution in [-0.2, 0) is 14.8 Å². The van der Waals surface area contributed by atoms with Crippen LogP contribution in [0.15, 0.2) is 88.8 Å². The van der Waals surface area contributed by atoms with Crippen molar-refractivity contribution in [1.82, 2.24) is 4.90 Å². The average molecular weight is 524 g/mol. The monoisotopic (exact) mass is 523 g/mol. The topological polar surface area (TPSA) is 79.3 Å². The molecule has 3 aromatic carbocycles. The van der Waals surface area contributed by atoms with Crippen LogP contribution in [0.25, 0.3) is 0 Å². The molecule has 1 heterocycles. The normalized spacial score (nSPS) is 15.6. The van der Waals surface area contributed by atoms with Crippen LogP contribution in [0.4, 0.5) is 5.69 Å². The van der Waals surface area contributed by atoms with E-state index in [0.29, 0.717) is 23.1 Å². The zero-order valence-electron chi connectivity index (χ0n) is 20.5. The highest BCUT2D eigenvalue weighted by molar-refractivity contribution is 8.14. The molecule has 0 aromatic heterocycles. The molecule has 4 rings (SSSR count). The van der Waals surface area contributed by atoms with Crippen LogP contribution >= 0.6 is 11.8 Å². The van der Waals surface area contributed by atoms with E-state index >= 15 is 0 Å². The zero-order chi connectivity index (χ0) is 25.7. The van der Waals surface area contributed by atoms with Crippen LogP contribution in [-0.4, -0.2) is 50.3 Å². The summed E-state index contributed by atoms with van der Waals surface area (Å²) in [7, 11) is -2.17. The lowest BCUT2D eigenvalue weighted by Crippen LogP contribution is -2.35. The summed E-state index contributed by atoms with van der Waals surface area (Å²) in [6.45, 7) is 4.38. The lowest BCUT2D eigenvalue weighted by Gasteiger charge is -2.20. The molecule has 0 spiro atoms. The second-order valence-corrected chi connectivity index (χ2v) is 11.5. The number of thioether (sulfide) groups is 1. The summed E-state index contributed by atoms with van der Waals surface area (Å²) in [5, 5.41) is 0.707. The van der Waals surface area contributed by atoms with Gasteiger partial charge < -0.3 is 4.74 Å². The van der Waals surface area contributed by atoms with Crippen molar-refractivity contribution in [1.29, 1.82) is 0 Å². The number of aliphatic imine (C=N–C) groups is 1. The first-order valence-electron chi connectivity index (χ1n) is 11.6. The molecule has 1 fully saturated rings. The number of nitrogens with zero attached hydrogens (tertiary/aromatic N) is 3. The van der Waals surface area contributed by atoms with Gasteiger partial charge in [0.15, 0.2) is 11.8 Å². The number of anilines is 1. The predicted molar refractivity (Wildman–Crippen MR) is 145 cm³/mol. The maximum atomic E-state index is 12.9. The summed E-state index contributed by atoms with van der Waals surface area (Å²) >= 11 is 1.57. The number of amidine groups is 1. The Bertz CT molecular complexity index is 1330. The highest BCUT2D eigenvalue weighted by atomic mass is 32.2. The van der Waals surface area contributed by atoms with E-state index in [4.69, 9.17) is 9.73 Å². The Morgan fingerprint density at radius 3 is 2.39 bits per heavy atom. The van der Waals surface area contributed by atoms with Crippen molar-refractivity contribution < 1.29 is 17.9 Å². The van der Waals surface area contributed by atoms with E-state index in [1.807, 2.05) is 44.2 Å². The van der Waals surface area contributed by atoms with Gasteiger partial charge in [0.2, 0.25) is 0 Å². The average Bonchev–Trinajstić information content (AvgIpc) is 3.36. The highest BCUT2D eigenvalue weighted by Gasteiger charge is 2.27. The van der Waals surface area contributed by atoms with Crippen molar-refractivity contribution in [2.24, 2.45) is 4.99 Å². The molecule has 36 heavy (non-hydrogen) atoms. The predicted octanol–water partition coefficient (Wildman–Crippen LogP) is 4.89. The number of sulfonamides is 1. The minimum absolute atomic E-state index is 0.0521. The highest BCUT2D eigenvalue weighted by Crippen LogP contribution is 2.26. The minimum Gasteiger partial charge on any atom is -0.484 e. The first-order valence-corrected chi connectivity index (χ1v) is 14.0. The Morgan fingerprint density at radius 2 is 1.72 bits per heavy atom. The Morgan fingerprint density at radius 1 is 1.06 bits per heavy atom. The molecule has 1 aliphatic rings. The van der Waals surface area contributed by atoms with Gasteiger partial charge in [-0.2, -0.15) is 0 Å². The quantitative estimate of drug-likeness (QED) is 0.420. The van der Waals surface area contributed by atoms with E-state index in [9.17, 15) is 13.2 Å². The van der Waals surface area contributed by atoms with Crippen molar-refractivity contribution in [2.45, 2.75) is 24.8 Å². The maximum absolute atomic E-state index is 12.9. The smallest absolute Gasteiger partial charge is 0.266 e. The van der Waals surface area contributed by atoms with Gasteiger partial charge in [-0.1, -0.05) is 59.8 Å². The van der Waals surface area contributed by atoms with Gasteiger partial charge in [-0.15, -0.1) is 0 Å². The molecule has 1 atom stereocenters. The molecule has 3 aromatic rings. The van der Waals surface area contributed by atoms with Crippen molar-refractivity contribution in [3.8, 4) is 5.75 Å². The van der Waals surface area contributed by atoms with Crippen LogP contribution in [0.3, 0.4) is 0 Å². The number of hydrogen-bond acceptors (Lipinski definition) is 6. The number of carbonyl (C=O) groups excluding carboxylic acids is 1. The van der Waals surface area contributed by atoms with Gasteiger partial charge in [-0.05, 0) is 55.8 Å². The largest absolute Gasteiger partial charge is 0.484 e. The van der Waals surface area contributed by atoms with Gasteiger partial charge in [0.25, 0.3) is 15.9 Å². The summed E-state index contributed by atoms with van der Waals surface area (Å²) in [4.78, 5) is 19.5. The molecule has 1 amide bonds. The number of amides is 1. The molecule has 188 valence electrons. The molecule has 0 N–H and O–H groups in total. The number of benzene rings is 3. The zero-order valence-corrected chi connectivity index (χ0v) is 22.1. The van der Waals surface area contributed by atoms with E-state index in [2.05, 4.69) is 0 Å². The number of carbonyl (C=O) groups is 1. The fourth-order valence-electron chi connectivity index (χ4n) is 3.69. The molecule has 9 heteroatoms. The lowest BCUT2D eigenvalue weighted by atomic mass is 10.1. The van der Waals surface area contributed by atoms with E-state index < -0.39 is 10.0 Å². The SMILES string of the molecule is Cc1ccc(S(=O)(=O)N(C)c2ccc(OCC(=O)N3CCSC3=N[C@H](C)c3ccccc3)cc2)cc1. The molecular formula is C27H29N3O4S2. The van der Waals surface area contributed by atoms with Crippen molar-refractivity contribution in [3.05, 3.63) is 90.0 Å². The summed E-state index contributed by atoms with van der Waals surface area (Å²) in [5.41, 5.74) is 2.58. The summed E-state index contributed by atoms with van der Waals surface area (Å²) < 4.78 is 32.8. The third-order valence-electron chi connectivity index (χ3n) is 5.91. The van der Waals surface area contributed by atoms with E-state index in [1.54, 1.807) is 65.2 Å². The third kappa shape index (κ3) is 5.91. The summed E-state index contributed by atoms with van der Waals surface area (Å²) in [6, 6.07) is 23.3. The Hall–Kier alpha value is -3.30. The van der Waals surface area contributed by atoms with Crippen molar-refractivity contribution >= 4 is 38.5 Å². The van der Waals surface area contributed by atoms with Gasteiger partial charge in [-0.3, -0.25) is 19.0 Å². The molecule has 1 aliphatic heterocycles. The molecular weight excluding hydrogens is 494 g/mol. The number of aryl methyl sites for hydroxylation is 1. The van der Waals surface area contributed by atoms with Gasteiger partial charge in [0.1, 0.15) is 5.75 Å². The Labute approximate surface area is 216 Å². The van der Waals surface area contributed by atoms with Crippen LogP contribution in [0, 0.1) is 6.92 Å². The first-order chi connectivity index (χ1) is 17.3. The number of ether oxygens (including phenoxy) is 1. The van der Waals surface area contributed by atoms with Gasteiger partial charge in [0, 0.05) is 19.3 Å². The number of rotatable bonds is 8. The van der Waals surface area contributed by atoms with E-state index in [-0.39, 0.29) is 23.5 Å². The molecule has 0 unspecified atom stereocenters. The number of hydrogen-bond donors (Lipinski definition) is 0. The van der Waals surface area contributed by atoms with Crippen LogP contribution in [0.1, 0.15) is 24.1 Å². The first kappa shape index (κ1) is 25.8. The molecule has 0 radical (unpaired) electrons. The molecule has 0 aliphatic carbocycles. The summed E-state index contributed by atoms with van der Waals surface area (Å²) in [6.07, 6.45) is 0. The Balaban J connectivity index is 1.37. The third-order valence-corrected chi connectivity index (χ3v) is 8.68. The Kier molecular flexibility index (Phi) is 8.01. The van der Waals surface area contributed by atoms with Crippen LogP contribution in [0.5, 0.6) is 5.75 Å². The van der Waals surface area contributed by atoms with E-state index in [0.717, 1.165) is 16.9 Å². The van der Waals surface area contributed by atoms with Crippen molar-refractivity contribution in [3.63, 3.8) is 0 Å². The minimum atomic E-state index is -3.68. The van der Waals surface area contributed by atoms with Gasteiger partial charge in [0.05, 0.1) is 16.6 Å². The molecule has 1 saturated heterocycles. The maximum Gasteiger partial charge on any atom is 0.266 e. The summed E-state index contributed by atoms with van der Waals surface area (Å²) in [5.74, 6) is 1.11. The van der Waals surface area contributed by atoms with Crippen molar-refractivity contribution in [2.75, 3.05) is 30.3 Å². The molecule has 7 nitrogen and oxygen atoms in total. The standard InChI is InChI=1S/C27H29N3O4S2/c1-20-9-15-25(16-10-20)36(32,33)29(3)23-11-13-24(14-12-23)34-19-26(31)30-17-18-35-27(30)28-21(2)22-7-5-4-6-8-22/h4-16,21H,17-19H2,1-3H3/t21-/m1/s1. The fourth-order valence-corrected chi connectivity index (χ4v) is 5.93. The van der Waals surface area contributed by atoms with Crippen LogP contribution in [0.2, 0.25) is 0 Å². The second-order valence-electron chi connectivity index (χ2n) is 8.46. The molecule has 0 saturated carbocycles. The van der Waals surface area contributed by atoms with Crippen LogP contribution < -0.4 is 9.04 Å². The molecule has 0 bridgehead atoms. The fraction of sp³-hybridized carbons (Fsp3) is 0.259. The second kappa shape index (κ2) is 11.2.